The van der Waals surface area contributed by atoms with E-state index in [2.05, 4.69) is 246 Å². The van der Waals surface area contributed by atoms with Gasteiger partial charge in [-0.1, -0.05) is 170 Å². The maximum absolute atomic E-state index is 2.52. The number of hydrogen-bond acceptors (Lipinski definition) is 1. The van der Waals surface area contributed by atoms with E-state index in [4.69, 9.17) is 0 Å². The largest absolute Gasteiger partial charge is 0.310 e. The molecule has 0 spiro atoms. The SMILES string of the molecule is C1=CC2C(CC1)Cc1ccc(-c3ccc4cc(/C=C/c5ccc6c7ccc(N(c8ccccc8)c8ccccc8)cc7n(-c7ccccc7)c6c5)ccc4c3)cc1C2c1ccccc1. The minimum Gasteiger partial charge on any atom is -0.310 e. The number of hydrogen-bond donors (Lipinski definition) is 0. The van der Waals surface area contributed by atoms with Gasteiger partial charge in [0.15, 0.2) is 0 Å². The van der Waals surface area contributed by atoms with Crippen LogP contribution in [0.4, 0.5) is 17.1 Å². The van der Waals surface area contributed by atoms with Gasteiger partial charge in [0.05, 0.1) is 11.0 Å². The van der Waals surface area contributed by atoms with E-state index in [0.29, 0.717) is 17.8 Å². The summed E-state index contributed by atoms with van der Waals surface area (Å²) in [5.41, 5.74) is 16.2. The first kappa shape index (κ1) is 38.0. The Morgan fingerprint density at radius 2 is 1.08 bits per heavy atom. The highest BCUT2D eigenvalue weighted by molar-refractivity contribution is 6.11. The molecule has 0 radical (unpaired) electrons. The van der Waals surface area contributed by atoms with Crippen LogP contribution < -0.4 is 4.90 Å². The third-order valence-electron chi connectivity index (χ3n) is 13.9. The monoisotopic (exact) mass is 820 g/mol. The van der Waals surface area contributed by atoms with Gasteiger partial charge in [0.25, 0.3) is 0 Å². The van der Waals surface area contributed by atoms with Crippen LogP contribution in [0.5, 0.6) is 0 Å². The van der Waals surface area contributed by atoms with Crippen LogP contribution in [0.25, 0.3) is 61.5 Å². The van der Waals surface area contributed by atoms with Crippen molar-refractivity contribution in [1.29, 1.82) is 0 Å². The van der Waals surface area contributed by atoms with Gasteiger partial charge in [-0.15, -0.1) is 0 Å². The molecule has 1 aromatic heterocycles. The third-order valence-corrected chi connectivity index (χ3v) is 13.9. The Labute approximate surface area is 375 Å². The van der Waals surface area contributed by atoms with Gasteiger partial charge in [-0.2, -0.15) is 0 Å². The summed E-state index contributed by atoms with van der Waals surface area (Å²) in [6.07, 6.45) is 13.1. The molecule has 9 aromatic carbocycles. The lowest BCUT2D eigenvalue weighted by molar-refractivity contribution is 0.305. The molecule has 0 aliphatic heterocycles. The lowest BCUT2D eigenvalue weighted by atomic mass is 9.63. The van der Waals surface area contributed by atoms with Crippen molar-refractivity contribution in [3.8, 4) is 16.8 Å². The predicted molar refractivity (Wildman–Crippen MR) is 271 cm³/mol. The highest BCUT2D eigenvalue weighted by Gasteiger charge is 2.37. The van der Waals surface area contributed by atoms with Gasteiger partial charge < -0.3 is 9.47 Å². The Bertz CT molecular complexity index is 3320. The van der Waals surface area contributed by atoms with E-state index in [1.165, 1.54) is 85.2 Å². The lowest BCUT2D eigenvalue weighted by Gasteiger charge is -2.40. The van der Waals surface area contributed by atoms with Crippen LogP contribution in [0.2, 0.25) is 0 Å². The minimum atomic E-state index is 0.396. The number of para-hydroxylation sites is 3. The first-order valence-corrected chi connectivity index (χ1v) is 22.8. The minimum absolute atomic E-state index is 0.396. The van der Waals surface area contributed by atoms with E-state index in [9.17, 15) is 0 Å². The highest BCUT2D eigenvalue weighted by atomic mass is 15.1. The lowest BCUT2D eigenvalue weighted by Crippen LogP contribution is -2.30. The Hall–Kier alpha value is -7.68. The van der Waals surface area contributed by atoms with Gasteiger partial charge in [-0.3, -0.25) is 0 Å². The zero-order valence-electron chi connectivity index (χ0n) is 35.8. The molecule has 3 unspecified atom stereocenters. The molecule has 1 heterocycles. The van der Waals surface area contributed by atoms with Crippen molar-refractivity contribution in [2.24, 2.45) is 11.8 Å². The average Bonchev–Trinajstić information content (AvgIpc) is 3.68. The molecule has 0 saturated carbocycles. The number of nitrogens with zero attached hydrogens (tertiary/aromatic N) is 2. The van der Waals surface area contributed by atoms with E-state index < -0.39 is 0 Å². The summed E-state index contributed by atoms with van der Waals surface area (Å²) in [5.74, 6) is 1.67. The Morgan fingerprint density at radius 3 is 1.83 bits per heavy atom. The number of rotatable bonds is 8. The second kappa shape index (κ2) is 16.2. The second-order valence-electron chi connectivity index (χ2n) is 17.7. The molecule has 2 nitrogen and oxygen atoms in total. The molecular weight excluding hydrogens is 773 g/mol. The molecular formula is C62H48N2. The van der Waals surface area contributed by atoms with Crippen molar-refractivity contribution in [1.82, 2.24) is 4.57 Å². The summed E-state index contributed by atoms with van der Waals surface area (Å²) in [7, 11) is 0. The first-order chi connectivity index (χ1) is 31.7. The zero-order chi connectivity index (χ0) is 42.4. The summed E-state index contributed by atoms with van der Waals surface area (Å²) in [4.78, 5) is 2.34. The molecule has 12 rings (SSSR count). The van der Waals surface area contributed by atoms with Crippen molar-refractivity contribution in [2.75, 3.05) is 4.90 Å². The fourth-order valence-corrected chi connectivity index (χ4v) is 10.8. The van der Waals surface area contributed by atoms with Gasteiger partial charge in [0, 0.05) is 39.4 Å². The van der Waals surface area contributed by atoms with Gasteiger partial charge in [-0.05, 0) is 148 Å². The van der Waals surface area contributed by atoms with E-state index in [-0.39, 0.29) is 0 Å². The van der Waals surface area contributed by atoms with Crippen LogP contribution in [0.3, 0.4) is 0 Å². The van der Waals surface area contributed by atoms with Crippen molar-refractivity contribution >= 4 is 61.8 Å². The fraction of sp³-hybridized carbons (Fsp3) is 0.0968. The smallest absolute Gasteiger partial charge is 0.0561 e. The Morgan fingerprint density at radius 1 is 0.484 bits per heavy atom. The molecule has 2 heteroatoms. The fourth-order valence-electron chi connectivity index (χ4n) is 10.8. The topological polar surface area (TPSA) is 8.17 Å². The summed E-state index contributed by atoms with van der Waals surface area (Å²) in [5, 5.41) is 4.97. The van der Waals surface area contributed by atoms with E-state index >= 15 is 0 Å². The molecule has 3 atom stereocenters. The van der Waals surface area contributed by atoms with Crippen LogP contribution in [0.1, 0.15) is 46.6 Å². The molecule has 0 amide bonds. The van der Waals surface area contributed by atoms with Crippen LogP contribution in [-0.2, 0) is 6.42 Å². The van der Waals surface area contributed by atoms with Crippen molar-refractivity contribution in [3.05, 3.63) is 252 Å². The van der Waals surface area contributed by atoms with Gasteiger partial charge in [0.1, 0.15) is 0 Å². The predicted octanol–water partition coefficient (Wildman–Crippen LogP) is 16.5. The van der Waals surface area contributed by atoms with Crippen LogP contribution >= 0.6 is 0 Å². The molecule has 306 valence electrons. The van der Waals surface area contributed by atoms with Crippen molar-refractivity contribution in [3.63, 3.8) is 0 Å². The van der Waals surface area contributed by atoms with Crippen molar-refractivity contribution in [2.45, 2.75) is 25.2 Å². The molecule has 64 heavy (non-hydrogen) atoms. The van der Waals surface area contributed by atoms with Gasteiger partial charge in [-0.25, -0.2) is 0 Å². The first-order valence-electron chi connectivity index (χ1n) is 22.8. The third kappa shape index (κ3) is 6.93. The van der Waals surface area contributed by atoms with Gasteiger partial charge in [0.2, 0.25) is 0 Å². The number of fused-ring (bicyclic) bond motifs is 6. The number of allylic oxidation sites excluding steroid dienone is 2. The highest BCUT2D eigenvalue weighted by Crippen LogP contribution is 2.48. The second-order valence-corrected chi connectivity index (χ2v) is 17.7. The number of anilines is 3. The zero-order valence-corrected chi connectivity index (χ0v) is 35.8. The summed E-state index contributed by atoms with van der Waals surface area (Å²) in [6.45, 7) is 0. The number of benzene rings is 9. The molecule has 2 aliphatic carbocycles. The Kier molecular flexibility index (Phi) is 9.64. The summed E-state index contributed by atoms with van der Waals surface area (Å²) >= 11 is 0. The molecule has 0 fully saturated rings. The molecule has 0 N–H and O–H groups in total. The quantitative estimate of drug-likeness (QED) is 0.109. The summed E-state index contributed by atoms with van der Waals surface area (Å²) in [6, 6.07) is 78.1. The maximum atomic E-state index is 2.52. The van der Waals surface area contributed by atoms with Crippen molar-refractivity contribution < 1.29 is 0 Å². The van der Waals surface area contributed by atoms with Crippen LogP contribution in [0, 0.1) is 11.8 Å². The Balaban J connectivity index is 0.873. The van der Waals surface area contributed by atoms with E-state index in [1.807, 2.05) is 0 Å². The molecule has 10 aromatic rings. The molecule has 0 bridgehead atoms. The van der Waals surface area contributed by atoms with E-state index in [0.717, 1.165) is 28.3 Å². The van der Waals surface area contributed by atoms with Crippen LogP contribution in [-0.4, -0.2) is 4.57 Å². The molecule has 2 aliphatic rings. The van der Waals surface area contributed by atoms with E-state index in [1.54, 1.807) is 0 Å². The number of aromatic nitrogens is 1. The summed E-state index contributed by atoms with van der Waals surface area (Å²) < 4.78 is 2.42. The molecule has 0 saturated heterocycles. The van der Waals surface area contributed by atoms with Gasteiger partial charge >= 0.3 is 0 Å². The standard InChI is InChI=1S/C62H48N2/c1-5-15-45(16-6-1)62-56-24-14-13-17-50(56)40-51-33-32-49(41-59(51)62)48-31-30-46-37-43(27-29-47(46)39-48)25-26-44-28-35-57-58-36-34-55(42-61(58)64(60(57)38-44)54-22-11-4-12-23-54)63(52-18-7-2-8-19-52)53-20-9-3-10-21-53/h1-12,14-16,18-39,41-42,50,56,62H,13,17,40H2/b26-25+. The normalized spacial score (nSPS) is 16.9. The average molecular weight is 821 g/mol. The maximum Gasteiger partial charge on any atom is 0.0561 e. The van der Waals surface area contributed by atoms with Crippen LogP contribution in [0.15, 0.2) is 224 Å².